The molecule has 25 nitrogen and oxygen atoms in total. The third-order valence-electron chi connectivity index (χ3n) is 10.2. The first-order chi connectivity index (χ1) is 26.1. The number of hydrogen-bond acceptors (Lipinski definition) is 25. The SMILES string of the molecule is O[C@@H]1[C@@H](O)[C@H](O[C@@H]2CO[C@@H](O[C@@H]3CO[C@@H](O[C@@H]4CO[C@@H](O[C@@H]5CO[C@@H](O[C@@H]6CO[C@@H](O)[C@H](O)[C@H]6O)[C@H](O)[C@H]5O)[C@H](O)[C@H]4O)[C@H](O)[C@H]3O)[C@H](O)[C@H]2O)OC[C@H]1O. The fourth-order valence-electron chi connectivity index (χ4n) is 6.69. The van der Waals surface area contributed by atoms with Crippen LogP contribution in [0.3, 0.4) is 0 Å². The van der Waals surface area contributed by atoms with Crippen LogP contribution in [0.1, 0.15) is 0 Å². The zero-order chi connectivity index (χ0) is 39.9. The number of aliphatic hydroxyl groups is 14. The van der Waals surface area contributed by atoms with E-state index in [1.165, 1.54) is 0 Å². The number of aliphatic hydroxyl groups excluding tert-OH is 14. The summed E-state index contributed by atoms with van der Waals surface area (Å²) in [6, 6.07) is 0. The van der Waals surface area contributed by atoms with Crippen LogP contribution in [-0.2, 0) is 52.1 Å². The van der Waals surface area contributed by atoms with Crippen LogP contribution in [0, 0.1) is 0 Å². The summed E-state index contributed by atoms with van der Waals surface area (Å²) >= 11 is 0. The summed E-state index contributed by atoms with van der Waals surface area (Å²) in [7, 11) is 0. The van der Waals surface area contributed by atoms with E-state index in [1.807, 2.05) is 0 Å². The van der Waals surface area contributed by atoms with E-state index >= 15 is 0 Å². The third-order valence-corrected chi connectivity index (χ3v) is 10.2. The van der Waals surface area contributed by atoms with Crippen molar-refractivity contribution in [2.24, 2.45) is 0 Å². The van der Waals surface area contributed by atoms with E-state index in [0.29, 0.717) is 0 Å². The predicted octanol–water partition coefficient (Wildman–Crippen LogP) is -10.3. The van der Waals surface area contributed by atoms with Crippen molar-refractivity contribution in [3.8, 4) is 0 Å². The van der Waals surface area contributed by atoms with Gasteiger partial charge in [-0.1, -0.05) is 0 Å². The zero-order valence-electron chi connectivity index (χ0n) is 28.9. The maximum atomic E-state index is 10.8. The smallest absolute Gasteiger partial charge is 0.186 e. The van der Waals surface area contributed by atoms with Gasteiger partial charge in [-0.2, -0.15) is 0 Å². The van der Waals surface area contributed by atoms with E-state index in [9.17, 15) is 71.5 Å². The first-order valence-corrected chi connectivity index (χ1v) is 17.6. The second-order valence-electron chi connectivity index (χ2n) is 14.1. The van der Waals surface area contributed by atoms with Crippen molar-refractivity contribution in [2.75, 3.05) is 39.6 Å². The molecule has 0 aliphatic carbocycles. The molecule has 0 unspecified atom stereocenters. The summed E-state index contributed by atoms with van der Waals surface area (Å²) in [5, 5.41) is 144. The highest BCUT2D eigenvalue weighted by molar-refractivity contribution is 4.93. The van der Waals surface area contributed by atoms with Crippen molar-refractivity contribution in [3.05, 3.63) is 0 Å². The Bertz CT molecular complexity index is 1120. The van der Waals surface area contributed by atoms with Crippen LogP contribution < -0.4 is 0 Å². The first-order valence-electron chi connectivity index (χ1n) is 17.6. The summed E-state index contributed by atoms with van der Waals surface area (Å²) in [4.78, 5) is 0. The molecule has 55 heavy (non-hydrogen) atoms. The molecule has 320 valence electrons. The molecule has 0 aromatic carbocycles. The average molecular weight is 811 g/mol. The molecule has 0 saturated carbocycles. The van der Waals surface area contributed by atoms with Crippen molar-refractivity contribution in [1.82, 2.24) is 0 Å². The molecular weight excluding hydrogens is 760 g/mol. The average Bonchev–Trinajstić information content (AvgIpc) is 3.16. The highest BCUT2D eigenvalue weighted by Gasteiger charge is 2.51. The van der Waals surface area contributed by atoms with Gasteiger partial charge in [0, 0.05) is 0 Å². The van der Waals surface area contributed by atoms with Gasteiger partial charge in [0.1, 0.15) is 110 Å². The van der Waals surface area contributed by atoms with Gasteiger partial charge >= 0.3 is 0 Å². The Morgan fingerprint density at radius 3 is 0.800 bits per heavy atom. The lowest BCUT2D eigenvalue weighted by atomic mass is 10.0. The molecule has 0 spiro atoms. The lowest BCUT2D eigenvalue weighted by Crippen LogP contribution is -2.63. The van der Waals surface area contributed by atoms with Gasteiger partial charge in [-0.15, -0.1) is 0 Å². The van der Waals surface area contributed by atoms with E-state index in [4.69, 9.17) is 52.1 Å². The summed E-state index contributed by atoms with van der Waals surface area (Å²) in [6.07, 6.45) is -37.9. The highest BCUT2D eigenvalue weighted by Crippen LogP contribution is 2.31. The molecule has 6 rings (SSSR count). The molecule has 0 radical (unpaired) electrons. The van der Waals surface area contributed by atoms with E-state index in [1.54, 1.807) is 0 Å². The lowest BCUT2D eigenvalue weighted by Gasteiger charge is -2.45. The van der Waals surface area contributed by atoms with Gasteiger partial charge in [-0.25, -0.2) is 0 Å². The Kier molecular flexibility index (Phi) is 14.7. The maximum Gasteiger partial charge on any atom is 0.186 e. The molecule has 25 heteroatoms. The fourth-order valence-corrected chi connectivity index (χ4v) is 6.69. The number of rotatable bonds is 10. The summed E-state index contributed by atoms with van der Waals surface area (Å²) < 4.78 is 59.4. The molecule has 6 saturated heterocycles. The first kappa shape index (κ1) is 43.6. The Labute approximate surface area is 311 Å². The number of ether oxygens (including phenoxy) is 11. The second kappa shape index (κ2) is 18.5. The van der Waals surface area contributed by atoms with E-state index < -0.39 is 174 Å². The van der Waals surface area contributed by atoms with Crippen molar-refractivity contribution in [1.29, 1.82) is 0 Å². The minimum atomic E-state index is -1.83. The fraction of sp³-hybridized carbons (Fsp3) is 1.00. The van der Waals surface area contributed by atoms with Gasteiger partial charge in [-0.05, 0) is 0 Å². The lowest BCUT2D eigenvalue weighted by molar-refractivity contribution is -0.365. The van der Waals surface area contributed by atoms with Crippen molar-refractivity contribution < 1.29 is 124 Å². The van der Waals surface area contributed by atoms with Gasteiger partial charge < -0.3 is 124 Å². The standard InChI is InChI=1S/C30H50O25/c31-7-1-46-26(20(39)13(7)32)52-9-3-48-28(22(41)15(9)34)54-11-5-50-30(24(43)17(11)36)55-12-6-49-29(23(42)18(12)37)53-10-4-47-27(21(40)16(10)35)51-8-2-45-25(44)19(38)14(8)33/h7-44H,1-6H2/t7-,8-,9-,10-,11-,12-,13+,14+,15+,16+,17+,18+,19-,20-,21-,22-,23-,24-,25-,26+,27+,28+,29+,30+/m1/s1. The Hall–Kier alpha value is -1.00. The zero-order valence-corrected chi connectivity index (χ0v) is 28.9. The minimum Gasteiger partial charge on any atom is -0.388 e. The van der Waals surface area contributed by atoms with Crippen molar-refractivity contribution >= 4 is 0 Å². The number of hydrogen-bond donors (Lipinski definition) is 14. The molecule has 0 bridgehead atoms. The van der Waals surface area contributed by atoms with Gasteiger partial charge in [0.05, 0.1) is 39.6 Å². The summed E-state index contributed by atoms with van der Waals surface area (Å²) in [5.74, 6) is 0. The van der Waals surface area contributed by atoms with Crippen LogP contribution >= 0.6 is 0 Å². The molecule has 14 N–H and O–H groups in total. The molecule has 6 heterocycles. The van der Waals surface area contributed by atoms with Crippen LogP contribution in [-0.4, -0.2) is 259 Å². The Morgan fingerprint density at radius 1 is 0.255 bits per heavy atom. The summed E-state index contributed by atoms with van der Waals surface area (Å²) in [5.41, 5.74) is 0. The maximum absolute atomic E-state index is 10.8. The molecule has 6 fully saturated rings. The van der Waals surface area contributed by atoms with Crippen LogP contribution in [0.2, 0.25) is 0 Å². The molecule has 6 aliphatic rings. The topological polar surface area (TPSA) is 385 Å². The van der Waals surface area contributed by atoms with Gasteiger partial charge in [0.25, 0.3) is 0 Å². The quantitative estimate of drug-likeness (QED) is 0.0974. The van der Waals surface area contributed by atoms with Crippen LogP contribution in [0.25, 0.3) is 0 Å². The molecule has 0 aromatic rings. The van der Waals surface area contributed by atoms with Crippen LogP contribution in [0.15, 0.2) is 0 Å². The molecule has 0 aromatic heterocycles. The third kappa shape index (κ3) is 9.42. The highest BCUT2D eigenvalue weighted by atomic mass is 16.8. The Morgan fingerprint density at radius 2 is 0.491 bits per heavy atom. The van der Waals surface area contributed by atoms with Crippen LogP contribution in [0.5, 0.6) is 0 Å². The minimum absolute atomic E-state index is 0.365. The largest absolute Gasteiger partial charge is 0.388 e. The molecular formula is C30H50O25. The molecule has 24 atom stereocenters. The van der Waals surface area contributed by atoms with Crippen molar-refractivity contribution in [3.63, 3.8) is 0 Å². The summed E-state index contributed by atoms with van der Waals surface area (Å²) in [6.45, 7) is -2.52. The normalized spacial score (nSPS) is 54.2. The van der Waals surface area contributed by atoms with Crippen molar-refractivity contribution in [2.45, 2.75) is 148 Å². The van der Waals surface area contributed by atoms with Gasteiger partial charge in [0.2, 0.25) is 0 Å². The van der Waals surface area contributed by atoms with E-state index in [0.717, 1.165) is 0 Å². The monoisotopic (exact) mass is 810 g/mol. The van der Waals surface area contributed by atoms with Gasteiger partial charge in [-0.3, -0.25) is 0 Å². The molecule has 0 amide bonds. The molecule has 6 aliphatic heterocycles. The second-order valence-corrected chi connectivity index (χ2v) is 14.1. The predicted molar refractivity (Wildman–Crippen MR) is 163 cm³/mol. The van der Waals surface area contributed by atoms with E-state index in [-0.39, 0.29) is 13.2 Å². The van der Waals surface area contributed by atoms with Crippen LogP contribution in [0.4, 0.5) is 0 Å². The van der Waals surface area contributed by atoms with E-state index in [2.05, 4.69) is 0 Å². The van der Waals surface area contributed by atoms with Gasteiger partial charge in [0.15, 0.2) is 37.7 Å². The Balaban J connectivity index is 0.936.